The second-order valence-electron chi connectivity index (χ2n) is 5.35. The lowest BCUT2D eigenvalue weighted by Gasteiger charge is -2.05. The van der Waals surface area contributed by atoms with Gasteiger partial charge in [0.25, 0.3) is 5.56 Å². The van der Waals surface area contributed by atoms with E-state index in [0.717, 1.165) is 30.5 Å². The van der Waals surface area contributed by atoms with Crippen LogP contribution in [0.5, 0.6) is 0 Å². The molecule has 128 valence electrons. The molecule has 6 heteroatoms. The normalized spacial score (nSPS) is 10.6. The maximum Gasteiger partial charge on any atom is 0.338 e. The number of hydrogen-bond donors (Lipinski definition) is 1. The quantitative estimate of drug-likeness (QED) is 0.449. The summed E-state index contributed by atoms with van der Waals surface area (Å²) in [4.78, 5) is 30.6. The van der Waals surface area contributed by atoms with Gasteiger partial charge in [-0.3, -0.25) is 4.79 Å². The number of ether oxygens (including phenoxy) is 1. The Morgan fingerprint density at radius 2 is 2.00 bits per heavy atom. The van der Waals surface area contributed by atoms with Crippen LogP contribution in [0, 0.1) is 0 Å². The van der Waals surface area contributed by atoms with Crippen molar-refractivity contribution in [2.45, 2.75) is 44.0 Å². The first-order valence-corrected chi connectivity index (χ1v) is 9.10. The Kier molecular flexibility index (Phi) is 7.06. The van der Waals surface area contributed by atoms with Gasteiger partial charge in [-0.25, -0.2) is 9.78 Å². The molecule has 0 saturated heterocycles. The van der Waals surface area contributed by atoms with Crippen molar-refractivity contribution in [2.24, 2.45) is 0 Å². The molecule has 2 aromatic rings. The van der Waals surface area contributed by atoms with Crippen LogP contribution in [0.25, 0.3) is 0 Å². The maximum absolute atomic E-state index is 11.7. The van der Waals surface area contributed by atoms with Crippen molar-refractivity contribution >= 4 is 17.7 Å². The molecule has 0 bridgehead atoms. The predicted molar refractivity (Wildman–Crippen MR) is 95.4 cm³/mol. The van der Waals surface area contributed by atoms with Crippen molar-refractivity contribution in [3.63, 3.8) is 0 Å². The van der Waals surface area contributed by atoms with Gasteiger partial charge < -0.3 is 9.72 Å². The van der Waals surface area contributed by atoms with Crippen LogP contribution in [-0.2, 0) is 16.9 Å². The maximum atomic E-state index is 11.7. The van der Waals surface area contributed by atoms with E-state index in [-0.39, 0.29) is 11.5 Å². The van der Waals surface area contributed by atoms with Gasteiger partial charge in [-0.2, -0.15) is 0 Å². The molecule has 0 aliphatic carbocycles. The largest absolute Gasteiger partial charge is 0.462 e. The lowest BCUT2D eigenvalue weighted by atomic mass is 10.1. The molecular formula is C18H22N2O3S. The highest BCUT2D eigenvalue weighted by Crippen LogP contribution is 2.19. The Morgan fingerprint density at radius 3 is 2.67 bits per heavy atom. The first-order chi connectivity index (χ1) is 11.6. The van der Waals surface area contributed by atoms with Gasteiger partial charge in [-0.1, -0.05) is 37.2 Å². The Balaban J connectivity index is 1.99. The van der Waals surface area contributed by atoms with E-state index in [1.165, 1.54) is 11.8 Å². The van der Waals surface area contributed by atoms with Crippen LogP contribution in [0.2, 0.25) is 0 Å². The summed E-state index contributed by atoms with van der Waals surface area (Å²) in [7, 11) is 0. The van der Waals surface area contributed by atoms with Gasteiger partial charge in [0.15, 0.2) is 5.16 Å². The third-order valence-electron chi connectivity index (χ3n) is 3.40. The molecule has 24 heavy (non-hydrogen) atoms. The Bertz CT molecular complexity index is 726. The van der Waals surface area contributed by atoms with E-state index in [2.05, 4.69) is 16.9 Å². The number of carbonyl (C=O) groups excluding carboxylic acids is 1. The Morgan fingerprint density at radius 1 is 1.25 bits per heavy atom. The second-order valence-corrected chi connectivity index (χ2v) is 6.32. The molecule has 1 N–H and O–H groups in total. The summed E-state index contributed by atoms with van der Waals surface area (Å²) >= 11 is 1.48. The zero-order chi connectivity index (χ0) is 17.4. The number of nitrogens with zero attached hydrogens (tertiary/aromatic N) is 1. The summed E-state index contributed by atoms with van der Waals surface area (Å²) in [5, 5.41) is 0.628. The number of unbranched alkanes of at least 4 members (excludes halogenated alkanes) is 1. The predicted octanol–water partition coefficient (Wildman–Crippen LogP) is 3.58. The molecule has 0 saturated carbocycles. The standard InChI is InChI=1S/C18H22N2O3S/c1-3-5-6-15-11-16(21)20-18(19-15)24-12-13-7-9-14(10-8-13)17(22)23-4-2/h7-11H,3-6,12H2,1-2H3,(H,19,20,21). The van der Waals surface area contributed by atoms with E-state index in [1.54, 1.807) is 25.1 Å². The first-order valence-electron chi connectivity index (χ1n) is 8.11. The number of rotatable bonds is 8. The fourth-order valence-corrected chi connectivity index (χ4v) is 2.99. The van der Waals surface area contributed by atoms with Crippen LogP contribution >= 0.6 is 11.8 Å². The topological polar surface area (TPSA) is 72.0 Å². The van der Waals surface area contributed by atoms with Gasteiger partial charge in [0.1, 0.15) is 0 Å². The average Bonchev–Trinajstić information content (AvgIpc) is 2.58. The van der Waals surface area contributed by atoms with Crippen LogP contribution in [0.15, 0.2) is 40.3 Å². The first kappa shape index (κ1) is 18.3. The summed E-state index contributed by atoms with van der Waals surface area (Å²) in [5.41, 5.74) is 2.31. The minimum absolute atomic E-state index is 0.115. The number of aryl methyl sites for hydroxylation is 1. The van der Waals surface area contributed by atoms with E-state index >= 15 is 0 Å². The summed E-state index contributed by atoms with van der Waals surface area (Å²) in [6.45, 7) is 4.26. The lowest BCUT2D eigenvalue weighted by molar-refractivity contribution is 0.0526. The number of thioether (sulfide) groups is 1. The van der Waals surface area contributed by atoms with Crippen LogP contribution in [0.3, 0.4) is 0 Å². The fraction of sp³-hybridized carbons (Fsp3) is 0.389. The highest BCUT2D eigenvalue weighted by Gasteiger charge is 2.07. The molecule has 0 amide bonds. The van der Waals surface area contributed by atoms with Gasteiger partial charge >= 0.3 is 5.97 Å². The SMILES string of the molecule is CCCCc1cc(=O)[nH]c(SCc2ccc(C(=O)OCC)cc2)n1. The Labute approximate surface area is 145 Å². The summed E-state index contributed by atoms with van der Waals surface area (Å²) in [6.07, 6.45) is 2.92. The number of hydrogen-bond acceptors (Lipinski definition) is 5. The van der Waals surface area contributed by atoms with Crippen LogP contribution in [-0.4, -0.2) is 22.5 Å². The Hall–Kier alpha value is -2.08. The molecular weight excluding hydrogens is 324 g/mol. The minimum Gasteiger partial charge on any atom is -0.462 e. The van der Waals surface area contributed by atoms with Gasteiger partial charge in [-0.05, 0) is 37.5 Å². The van der Waals surface area contributed by atoms with Crippen molar-refractivity contribution in [1.29, 1.82) is 0 Å². The molecule has 0 aliphatic rings. The van der Waals surface area contributed by atoms with Gasteiger partial charge in [0.05, 0.1) is 12.2 Å². The molecule has 1 aromatic heterocycles. The molecule has 0 unspecified atom stereocenters. The van der Waals surface area contributed by atoms with Crippen molar-refractivity contribution in [2.75, 3.05) is 6.61 Å². The molecule has 1 aromatic carbocycles. The van der Waals surface area contributed by atoms with Crippen molar-refractivity contribution in [3.8, 4) is 0 Å². The molecule has 0 aliphatic heterocycles. The van der Waals surface area contributed by atoms with Gasteiger partial charge in [-0.15, -0.1) is 0 Å². The van der Waals surface area contributed by atoms with E-state index in [4.69, 9.17) is 4.74 Å². The minimum atomic E-state index is -0.314. The summed E-state index contributed by atoms with van der Waals surface area (Å²) in [6, 6.07) is 8.84. The zero-order valence-electron chi connectivity index (χ0n) is 14.0. The van der Waals surface area contributed by atoms with Gasteiger partial charge in [0, 0.05) is 17.5 Å². The number of esters is 1. The molecule has 1 heterocycles. The highest BCUT2D eigenvalue weighted by atomic mass is 32.2. The average molecular weight is 346 g/mol. The van der Waals surface area contributed by atoms with Crippen molar-refractivity contribution < 1.29 is 9.53 Å². The third kappa shape index (κ3) is 5.53. The van der Waals surface area contributed by atoms with Crippen LogP contribution < -0.4 is 5.56 Å². The molecule has 0 radical (unpaired) electrons. The van der Waals surface area contributed by atoms with Gasteiger partial charge in [0.2, 0.25) is 0 Å². The number of carbonyl (C=O) groups is 1. The molecule has 5 nitrogen and oxygen atoms in total. The number of aromatic nitrogens is 2. The zero-order valence-corrected chi connectivity index (χ0v) is 14.8. The van der Waals surface area contributed by atoms with E-state index in [1.807, 2.05) is 12.1 Å². The van der Waals surface area contributed by atoms with Crippen LogP contribution in [0.1, 0.15) is 48.3 Å². The summed E-state index contributed by atoms with van der Waals surface area (Å²) in [5.74, 6) is 0.356. The monoisotopic (exact) mass is 346 g/mol. The number of H-pyrrole nitrogens is 1. The highest BCUT2D eigenvalue weighted by molar-refractivity contribution is 7.98. The number of benzene rings is 1. The van der Waals surface area contributed by atoms with Crippen LogP contribution in [0.4, 0.5) is 0 Å². The molecule has 0 spiro atoms. The number of nitrogens with one attached hydrogen (secondary N) is 1. The molecule has 0 atom stereocenters. The third-order valence-corrected chi connectivity index (χ3v) is 4.34. The van der Waals surface area contributed by atoms with E-state index in [0.29, 0.717) is 23.1 Å². The summed E-state index contributed by atoms with van der Waals surface area (Å²) < 4.78 is 4.96. The van der Waals surface area contributed by atoms with Crippen molar-refractivity contribution in [3.05, 3.63) is 57.5 Å². The molecule has 0 fully saturated rings. The smallest absolute Gasteiger partial charge is 0.338 e. The number of aromatic amines is 1. The molecule has 2 rings (SSSR count). The second kappa shape index (κ2) is 9.27. The van der Waals surface area contributed by atoms with E-state index in [9.17, 15) is 9.59 Å². The van der Waals surface area contributed by atoms with E-state index < -0.39 is 0 Å². The van der Waals surface area contributed by atoms with Crippen molar-refractivity contribution in [1.82, 2.24) is 9.97 Å². The fourth-order valence-electron chi connectivity index (χ4n) is 2.14. The lowest BCUT2D eigenvalue weighted by Crippen LogP contribution is -2.10.